The minimum absolute atomic E-state index is 0.0708. The lowest BCUT2D eigenvalue weighted by atomic mass is 10.0. The summed E-state index contributed by atoms with van der Waals surface area (Å²) in [5.41, 5.74) is 5.86. The van der Waals surface area contributed by atoms with Gasteiger partial charge >= 0.3 is 13.3 Å². The van der Waals surface area contributed by atoms with Crippen LogP contribution in [0.2, 0.25) is 0 Å². The van der Waals surface area contributed by atoms with Crippen molar-refractivity contribution in [3.8, 4) is 0 Å². The highest BCUT2D eigenvalue weighted by Gasteiger charge is 2.25. The second-order valence-electron chi connectivity index (χ2n) is 12.6. The fourth-order valence-electron chi connectivity index (χ4n) is 5.30. The number of ether oxygens (including phenoxy) is 3. The maximum absolute atomic E-state index is 12.8. The molecule has 0 aliphatic heterocycles. The Morgan fingerprint density at radius 1 is 0.812 bits per heavy atom. The van der Waals surface area contributed by atoms with E-state index in [0.717, 1.165) is 18.4 Å². The van der Waals surface area contributed by atoms with Crippen molar-refractivity contribution < 1.29 is 33.3 Å². The second-order valence-corrected chi connectivity index (χ2v) is 14.4. The zero-order chi connectivity index (χ0) is 34.7. The summed E-state index contributed by atoms with van der Waals surface area (Å²) in [5, 5.41) is 9.67. The summed E-state index contributed by atoms with van der Waals surface area (Å²) < 4.78 is 36.6. The Balaban J connectivity index is 1.62. The molecule has 1 aromatic carbocycles. The van der Waals surface area contributed by atoms with E-state index < -0.39 is 38.4 Å². The van der Waals surface area contributed by atoms with Gasteiger partial charge in [-0.25, -0.2) is 4.79 Å². The fraction of sp³-hybridized carbons (Fsp3) is 0.722. The molecule has 1 unspecified atom stereocenters. The molecule has 2 rings (SSSR count). The number of rotatable bonds is 31. The van der Waals surface area contributed by atoms with Crippen molar-refractivity contribution in [2.24, 2.45) is 0 Å². The zero-order valence-corrected chi connectivity index (χ0v) is 30.1. The molecule has 48 heavy (non-hydrogen) atoms. The lowest BCUT2D eigenvalue weighted by molar-refractivity contribution is -0.0490. The van der Waals surface area contributed by atoms with Gasteiger partial charge in [0.05, 0.1) is 39.1 Å². The summed E-state index contributed by atoms with van der Waals surface area (Å²) in [6.07, 6.45) is 20.2. The minimum atomic E-state index is -4.20. The van der Waals surface area contributed by atoms with Crippen molar-refractivity contribution in [3.63, 3.8) is 0 Å². The Hall–Kier alpha value is -2.11. The molecule has 3 atom stereocenters. The van der Waals surface area contributed by atoms with Crippen molar-refractivity contribution in [1.29, 1.82) is 0 Å². The maximum atomic E-state index is 12.8. The molecule has 0 radical (unpaired) electrons. The number of nitrogens with two attached hydrogens (primary N) is 1. The predicted octanol–water partition coefficient (Wildman–Crippen LogP) is 7.23. The molecule has 0 bridgehead atoms. The SMILES string of the molecule is CCCCCCCCCCCCCCCCCCOC[C@@H](COP(=O)(O)CO[C@H](CO)Cn1ccc(N)nc1=O)OCc1ccccc1. The van der Waals surface area contributed by atoms with Gasteiger partial charge in [-0.2, -0.15) is 4.98 Å². The number of unbranched alkanes of at least 4 members (excludes halogenated alkanes) is 15. The smallest absolute Gasteiger partial charge is 0.353 e. The third-order valence-electron chi connectivity index (χ3n) is 8.21. The molecule has 0 spiro atoms. The van der Waals surface area contributed by atoms with E-state index in [2.05, 4.69) is 11.9 Å². The molecular formula is C36H62N3O8P. The van der Waals surface area contributed by atoms with Crippen LogP contribution in [0.1, 0.15) is 115 Å². The molecule has 1 heterocycles. The van der Waals surface area contributed by atoms with E-state index in [1.165, 1.54) is 107 Å². The standard InChI is InChI=1S/C36H62N3O8P/c1-2-3-4-5-6-7-8-9-10-11-12-13-14-15-16-20-25-44-29-34(45-28-32-21-18-17-19-22-32)30-47-48(42,43)31-46-33(27-40)26-39-24-23-35(37)38-36(39)41/h17-19,21-24,33-34,40H,2-16,20,25-31H2,1H3,(H,42,43)(H2,37,38,41)/t33-,34-/m0/s1. The van der Waals surface area contributed by atoms with E-state index in [0.29, 0.717) is 13.2 Å². The first kappa shape index (κ1) is 42.1. The third kappa shape index (κ3) is 21.1. The molecule has 12 heteroatoms. The molecule has 0 saturated carbocycles. The van der Waals surface area contributed by atoms with Gasteiger partial charge < -0.3 is 34.5 Å². The van der Waals surface area contributed by atoms with Crippen LogP contribution in [0.3, 0.4) is 0 Å². The Morgan fingerprint density at radius 3 is 1.96 bits per heavy atom. The second kappa shape index (κ2) is 26.7. The van der Waals surface area contributed by atoms with Crippen molar-refractivity contribution in [2.75, 3.05) is 38.5 Å². The van der Waals surface area contributed by atoms with E-state index in [4.69, 9.17) is 24.5 Å². The van der Waals surface area contributed by atoms with E-state index >= 15 is 0 Å². The Bertz CT molecular complexity index is 1170. The normalized spacial score (nSPS) is 14.1. The summed E-state index contributed by atoms with van der Waals surface area (Å²) >= 11 is 0. The van der Waals surface area contributed by atoms with Gasteiger partial charge in [-0.1, -0.05) is 134 Å². The first-order chi connectivity index (χ1) is 23.3. The van der Waals surface area contributed by atoms with E-state index in [-0.39, 0.29) is 25.6 Å². The van der Waals surface area contributed by atoms with Gasteiger partial charge in [0.15, 0.2) is 0 Å². The van der Waals surface area contributed by atoms with Crippen LogP contribution in [0.15, 0.2) is 47.4 Å². The average molecular weight is 696 g/mol. The average Bonchev–Trinajstić information content (AvgIpc) is 3.08. The van der Waals surface area contributed by atoms with Crippen LogP contribution < -0.4 is 11.4 Å². The Morgan fingerprint density at radius 2 is 1.40 bits per heavy atom. The highest BCUT2D eigenvalue weighted by atomic mass is 31.2. The molecule has 4 N–H and O–H groups in total. The van der Waals surface area contributed by atoms with Crippen molar-refractivity contribution in [3.05, 3.63) is 58.6 Å². The lowest BCUT2D eigenvalue weighted by Gasteiger charge is -2.22. The third-order valence-corrected chi connectivity index (χ3v) is 9.24. The Kier molecular flexibility index (Phi) is 23.4. The maximum Gasteiger partial charge on any atom is 0.353 e. The highest BCUT2D eigenvalue weighted by molar-refractivity contribution is 7.52. The number of aliphatic hydroxyl groups is 1. The summed E-state index contributed by atoms with van der Waals surface area (Å²) in [4.78, 5) is 26.0. The molecule has 2 aromatic rings. The number of nitrogens with zero attached hydrogens (tertiary/aromatic N) is 2. The predicted molar refractivity (Wildman–Crippen MR) is 191 cm³/mol. The van der Waals surface area contributed by atoms with Gasteiger partial charge in [-0.05, 0) is 18.1 Å². The van der Waals surface area contributed by atoms with Crippen LogP contribution in [0.4, 0.5) is 5.82 Å². The van der Waals surface area contributed by atoms with Crippen LogP contribution in [0, 0.1) is 0 Å². The number of nitrogen functional groups attached to an aromatic ring is 1. The molecule has 0 aliphatic carbocycles. The van der Waals surface area contributed by atoms with Crippen LogP contribution in [-0.2, 0) is 36.5 Å². The summed E-state index contributed by atoms with van der Waals surface area (Å²) in [5.74, 6) is 0.0732. The minimum Gasteiger partial charge on any atom is -0.394 e. The summed E-state index contributed by atoms with van der Waals surface area (Å²) in [6, 6.07) is 11.1. The molecule has 0 amide bonds. The topological polar surface area (TPSA) is 155 Å². The Labute approximate surface area is 288 Å². The van der Waals surface area contributed by atoms with Crippen LogP contribution >= 0.6 is 7.60 Å². The molecule has 0 saturated heterocycles. The first-order valence-corrected chi connectivity index (χ1v) is 19.8. The molecule has 0 aliphatic rings. The zero-order valence-electron chi connectivity index (χ0n) is 29.2. The molecule has 0 fully saturated rings. The quantitative estimate of drug-likeness (QED) is 0.0544. The van der Waals surface area contributed by atoms with Gasteiger partial charge in [-0.15, -0.1) is 0 Å². The summed E-state index contributed by atoms with van der Waals surface area (Å²) in [7, 11) is -4.20. The van der Waals surface area contributed by atoms with Crippen LogP contribution in [0.5, 0.6) is 0 Å². The fourth-order valence-corrected chi connectivity index (χ4v) is 6.17. The molecular weight excluding hydrogens is 633 g/mol. The first-order valence-electron chi connectivity index (χ1n) is 18.1. The number of benzene rings is 1. The number of aliphatic hydroxyl groups excluding tert-OH is 1. The highest BCUT2D eigenvalue weighted by Crippen LogP contribution is 2.42. The van der Waals surface area contributed by atoms with E-state index in [1.54, 1.807) is 0 Å². The molecule has 1 aromatic heterocycles. The number of aromatic nitrogens is 2. The lowest BCUT2D eigenvalue weighted by Crippen LogP contribution is -2.32. The van der Waals surface area contributed by atoms with Gasteiger partial charge in [0.25, 0.3) is 0 Å². The molecule has 11 nitrogen and oxygen atoms in total. The van der Waals surface area contributed by atoms with Gasteiger partial charge in [0, 0.05) is 12.8 Å². The number of hydrogen-bond donors (Lipinski definition) is 3. The van der Waals surface area contributed by atoms with Crippen molar-refractivity contribution in [2.45, 2.75) is 135 Å². The van der Waals surface area contributed by atoms with Gasteiger partial charge in [0.2, 0.25) is 0 Å². The number of hydrogen-bond acceptors (Lipinski definition) is 9. The van der Waals surface area contributed by atoms with E-state index in [1.807, 2.05) is 30.3 Å². The largest absolute Gasteiger partial charge is 0.394 e. The summed E-state index contributed by atoms with van der Waals surface area (Å²) in [6.45, 7) is 2.66. The van der Waals surface area contributed by atoms with Crippen LogP contribution in [-0.4, -0.2) is 64.5 Å². The van der Waals surface area contributed by atoms with Gasteiger partial charge in [0.1, 0.15) is 18.3 Å². The van der Waals surface area contributed by atoms with E-state index in [9.17, 15) is 19.4 Å². The van der Waals surface area contributed by atoms with Gasteiger partial charge in [-0.3, -0.25) is 9.13 Å². The van der Waals surface area contributed by atoms with Crippen molar-refractivity contribution in [1.82, 2.24) is 9.55 Å². The monoisotopic (exact) mass is 695 g/mol. The molecule has 274 valence electrons. The van der Waals surface area contributed by atoms with Crippen molar-refractivity contribution >= 4 is 13.4 Å². The number of anilines is 1. The van der Waals surface area contributed by atoms with Crippen LogP contribution in [0.25, 0.3) is 0 Å².